The van der Waals surface area contributed by atoms with Gasteiger partial charge in [0.05, 0.1) is 0 Å². The SMILES string of the molecule is CCC(O)OCOC. The normalized spacial score (nSPS) is 13.9. The fourth-order valence-corrected chi connectivity index (χ4v) is 0.264. The Kier molecular flexibility index (Phi) is 4.95. The summed E-state index contributed by atoms with van der Waals surface area (Å²) in [6.07, 6.45) is -0.0708. The minimum absolute atomic E-state index is 0.162. The maximum Gasteiger partial charge on any atom is 0.157 e. The van der Waals surface area contributed by atoms with Crippen molar-refractivity contribution >= 4 is 0 Å². The van der Waals surface area contributed by atoms with Crippen LogP contribution in [0.3, 0.4) is 0 Å². The third-order valence-electron chi connectivity index (χ3n) is 0.728. The number of rotatable bonds is 4. The van der Waals surface area contributed by atoms with Gasteiger partial charge >= 0.3 is 0 Å². The van der Waals surface area contributed by atoms with Gasteiger partial charge in [-0.1, -0.05) is 6.92 Å². The summed E-state index contributed by atoms with van der Waals surface area (Å²) in [6, 6.07) is 0. The van der Waals surface area contributed by atoms with Gasteiger partial charge in [0.25, 0.3) is 0 Å². The zero-order chi connectivity index (χ0) is 6.41. The molecule has 0 fully saturated rings. The van der Waals surface area contributed by atoms with Crippen LogP contribution < -0.4 is 0 Å². The lowest BCUT2D eigenvalue weighted by atomic mass is 10.5. The van der Waals surface area contributed by atoms with E-state index in [0.717, 1.165) is 0 Å². The molecule has 50 valence electrons. The predicted octanol–water partition coefficient (Wildman–Crippen LogP) is 0.335. The second-order valence-electron chi connectivity index (χ2n) is 1.44. The van der Waals surface area contributed by atoms with Gasteiger partial charge in [0.2, 0.25) is 0 Å². The van der Waals surface area contributed by atoms with Crippen LogP contribution in [0.1, 0.15) is 13.3 Å². The van der Waals surface area contributed by atoms with Crippen molar-refractivity contribution in [3.63, 3.8) is 0 Å². The highest BCUT2D eigenvalue weighted by atomic mass is 16.7. The highest BCUT2D eigenvalue weighted by Gasteiger charge is 1.96. The fraction of sp³-hybridized carbons (Fsp3) is 1.00. The first-order valence-electron chi connectivity index (χ1n) is 2.59. The Balaban J connectivity index is 2.86. The average Bonchev–Trinajstić information content (AvgIpc) is 1.83. The standard InChI is InChI=1S/C5H12O3/c1-3-5(6)8-4-7-2/h5-6H,3-4H2,1-2H3. The van der Waals surface area contributed by atoms with Crippen LogP contribution in [0.5, 0.6) is 0 Å². The van der Waals surface area contributed by atoms with E-state index in [1.807, 2.05) is 6.92 Å². The van der Waals surface area contributed by atoms with E-state index in [1.54, 1.807) is 0 Å². The molecule has 0 aliphatic heterocycles. The third kappa shape index (κ3) is 4.05. The molecular weight excluding hydrogens is 108 g/mol. The Morgan fingerprint density at radius 3 is 2.62 bits per heavy atom. The third-order valence-corrected chi connectivity index (χ3v) is 0.728. The molecule has 0 aliphatic rings. The Morgan fingerprint density at radius 2 is 2.25 bits per heavy atom. The number of hydrogen-bond donors (Lipinski definition) is 1. The number of ether oxygens (including phenoxy) is 2. The van der Waals surface area contributed by atoms with Crippen LogP contribution in [-0.4, -0.2) is 25.3 Å². The van der Waals surface area contributed by atoms with E-state index < -0.39 is 6.29 Å². The first-order valence-corrected chi connectivity index (χ1v) is 2.59. The second-order valence-corrected chi connectivity index (χ2v) is 1.44. The molecule has 1 N–H and O–H groups in total. The molecular formula is C5H12O3. The monoisotopic (exact) mass is 120 g/mol. The Hall–Kier alpha value is -0.120. The van der Waals surface area contributed by atoms with Gasteiger partial charge in [-0.25, -0.2) is 0 Å². The second kappa shape index (κ2) is 5.03. The molecule has 0 heterocycles. The fourth-order valence-electron chi connectivity index (χ4n) is 0.264. The lowest BCUT2D eigenvalue weighted by Gasteiger charge is -2.06. The molecule has 0 aromatic carbocycles. The summed E-state index contributed by atoms with van der Waals surface area (Å²) in [5.74, 6) is 0. The minimum atomic E-state index is -0.671. The molecule has 0 amide bonds. The molecule has 1 unspecified atom stereocenters. The van der Waals surface area contributed by atoms with Crippen molar-refractivity contribution in [2.45, 2.75) is 19.6 Å². The number of hydrogen-bond acceptors (Lipinski definition) is 3. The quantitative estimate of drug-likeness (QED) is 0.543. The molecule has 0 aromatic heterocycles. The highest BCUT2D eigenvalue weighted by molar-refractivity contribution is 4.28. The topological polar surface area (TPSA) is 38.7 Å². The number of aliphatic hydroxyl groups is 1. The molecule has 3 nitrogen and oxygen atoms in total. The Morgan fingerprint density at radius 1 is 1.62 bits per heavy atom. The summed E-state index contributed by atoms with van der Waals surface area (Å²) in [4.78, 5) is 0. The van der Waals surface area contributed by atoms with E-state index in [9.17, 15) is 0 Å². The summed E-state index contributed by atoms with van der Waals surface area (Å²) in [7, 11) is 1.52. The molecule has 1 atom stereocenters. The summed E-state index contributed by atoms with van der Waals surface area (Å²) < 4.78 is 9.21. The van der Waals surface area contributed by atoms with Crippen LogP contribution in [0.2, 0.25) is 0 Å². The average molecular weight is 120 g/mol. The van der Waals surface area contributed by atoms with E-state index in [4.69, 9.17) is 5.11 Å². The molecule has 0 aliphatic carbocycles. The van der Waals surface area contributed by atoms with Gasteiger partial charge in [-0.3, -0.25) is 0 Å². The van der Waals surface area contributed by atoms with Gasteiger partial charge in [-0.2, -0.15) is 0 Å². The molecule has 0 rings (SSSR count). The largest absolute Gasteiger partial charge is 0.368 e. The van der Waals surface area contributed by atoms with Crippen LogP contribution in [0.25, 0.3) is 0 Å². The highest BCUT2D eigenvalue weighted by Crippen LogP contribution is 1.90. The smallest absolute Gasteiger partial charge is 0.157 e. The molecule has 0 saturated heterocycles. The van der Waals surface area contributed by atoms with Crippen LogP contribution in [0, 0.1) is 0 Å². The predicted molar refractivity (Wildman–Crippen MR) is 29.3 cm³/mol. The van der Waals surface area contributed by atoms with Crippen molar-refractivity contribution in [3.8, 4) is 0 Å². The van der Waals surface area contributed by atoms with Gasteiger partial charge in [-0.05, 0) is 6.42 Å². The summed E-state index contributed by atoms with van der Waals surface area (Å²) in [6.45, 7) is 2.00. The zero-order valence-electron chi connectivity index (χ0n) is 5.26. The van der Waals surface area contributed by atoms with Crippen molar-refractivity contribution in [3.05, 3.63) is 0 Å². The summed E-state index contributed by atoms with van der Waals surface area (Å²) in [5, 5.41) is 8.69. The molecule has 3 heteroatoms. The first-order chi connectivity index (χ1) is 3.81. The maximum absolute atomic E-state index is 8.69. The van der Waals surface area contributed by atoms with Crippen LogP contribution in [0.15, 0.2) is 0 Å². The van der Waals surface area contributed by atoms with E-state index >= 15 is 0 Å². The Bertz CT molecular complexity index is 46.9. The number of aliphatic hydroxyl groups excluding tert-OH is 1. The molecule has 0 bridgehead atoms. The summed E-state index contributed by atoms with van der Waals surface area (Å²) >= 11 is 0. The van der Waals surface area contributed by atoms with Crippen molar-refractivity contribution in [1.82, 2.24) is 0 Å². The molecule has 0 radical (unpaired) electrons. The zero-order valence-corrected chi connectivity index (χ0v) is 5.26. The van der Waals surface area contributed by atoms with Gasteiger partial charge in [0.15, 0.2) is 6.29 Å². The lowest BCUT2D eigenvalue weighted by Crippen LogP contribution is -2.11. The van der Waals surface area contributed by atoms with Crippen molar-refractivity contribution in [2.75, 3.05) is 13.9 Å². The van der Waals surface area contributed by atoms with Crippen molar-refractivity contribution in [2.24, 2.45) is 0 Å². The maximum atomic E-state index is 8.69. The molecule has 0 spiro atoms. The summed E-state index contributed by atoms with van der Waals surface area (Å²) in [5.41, 5.74) is 0. The molecule has 0 aromatic rings. The van der Waals surface area contributed by atoms with Gasteiger partial charge < -0.3 is 14.6 Å². The van der Waals surface area contributed by atoms with E-state index in [2.05, 4.69) is 9.47 Å². The minimum Gasteiger partial charge on any atom is -0.368 e. The van der Waals surface area contributed by atoms with Gasteiger partial charge in [0.1, 0.15) is 6.79 Å². The van der Waals surface area contributed by atoms with Gasteiger partial charge in [-0.15, -0.1) is 0 Å². The Labute approximate surface area is 49.2 Å². The molecule has 0 saturated carbocycles. The van der Waals surface area contributed by atoms with E-state index in [0.29, 0.717) is 6.42 Å². The molecule has 8 heavy (non-hydrogen) atoms. The van der Waals surface area contributed by atoms with Crippen molar-refractivity contribution in [1.29, 1.82) is 0 Å². The lowest BCUT2D eigenvalue weighted by molar-refractivity contribution is -0.161. The van der Waals surface area contributed by atoms with E-state index in [1.165, 1.54) is 7.11 Å². The number of methoxy groups -OCH3 is 1. The van der Waals surface area contributed by atoms with Crippen LogP contribution in [-0.2, 0) is 9.47 Å². The van der Waals surface area contributed by atoms with Crippen molar-refractivity contribution < 1.29 is 14.6 Å². The van der Waals surface area contributed by atoms with Gasteiger partial charge in [0, 0.05) is 7.11 Å². The van der Waals surface area contributed by atoms with E-state index in [-0.39, 0.29) is 6.79 Å². The van der Waals surface area contributed by atoms with Crippen LogP contribution in [0.4, 0.5) is 0 Å². The van der Waals surface area contributed by atoms with Crippen LogP contribution >= 0.6 is 0 Å². The first kappa shape index (κ1) is 7.88.